The van der Waals surface area contributed by atoms with Gasteiger partial charge in [-0.15, -0.1) is 0 Å². The highest BCUT2D eigenvalue weighted by Gasteiger charge is 2.34. The molecule has 2 N–H and O–H groups in total. The maximum atomic E-state index is 12.4. The van der Waals surface area contributed by atoms with Crippen molar-refractivity contribution in [3.05, 3.63) is 50.4 Å². The fourth-order valence-corrected chi connectivity index (χ4v) is 2.85. The van der Waals surface area contributed by atoms with E-state index in [1.165, 1.54) is 10.9 Å². The lowest BCUT2D eigenvalue weighted by atomic mass is 9.80. The predicted molar refractivity (Wildman–Crippen MR) is 91.9 cm³/mol. The number of nitrogens with zero attached hydrogens (tertiary/aromatic N) is 2. The highest BCUT2D eigenvalue weighted by atomic mass is 35.5. The first kappa shape index (κ1) is 16.3. The van der Waals surface area contributed by atoms with Crippen LogP contribution in [0.2, 0.25) is 10.0 Å². The van der Waals surface area contributed by atoms with Gasteiger partial charge in [0.1, 0.15) is 5.02 Å². The van der Waals surface area contributed by atoms with Crippen molar-refractivity contribution >= 4 is 28.9 Å². The number of nitrogens with one attached hydrogen (secondary N) is 1. The van der Waals surface area contributed by atoms with Gasteiger partial charge in [0.2, 0.25) is 0 Å². The molecule has 1 aromatic heterocycles. The minimum Gasteiger partial charge on any atom is -0.388 e. The summed E-state index contributed by atoms with van der Waals surface area (Å²) in [5.74, 6) is 0. The van der Waals surface area contributed by atoms with Crippen molar-refractivity contribution in [1.82, 2.24) is 9.78 Å². The van der Waals surface area contributed by atoms with E-state index in [0.717, 1.165) is 24.8 Å². The molecule has 0 saturated heterocycles. The Hall–Kier alpha value is -1.56. The number of halogens is 2. The quantitative estimate of drug-likeness (QED) is 0.885. The number of anilines is 1. The van der Waals surface area contributed by atoms with E-state index in [1.54, 1.807) is 12.1 Å². The van der Waals surface area contributed by atoms with Crippen molar-refractivity contribution in [1.29, 1.82) is 0 Å². The molecule has 0 bridgehead atoms. The summed E-state index contributed by atoms with van der Waals surface area (Å²) in [6.07, 6.45) is 4.01. The smallest absolute Gasteiger partial charge is 0.292 e. The second-order valence-electron chi connectivity index (χ2n) is 5.95. The van der Waals surface area contributed by atoms with E-state index in [2.05, 4.69) is 10.4 Å². The molecule has 0 amide bonds. The lowest BCUT2D eigenvalue weighted by Gasteiger charge is -2.36. The number of aryl methyl sites for hydroxylation is 1. The largest absolute Gasteiger partial charge is 0.388 e. The Morgan fingerprint density at radius 1 is 1.39 bits per heavy atom. The van der Waals surface area contributed by atoms with Gasteiger partial charge in [-0.25, -0.2) is 0 Å². The van der Waals surface area contributed by atoms with Gasteiger partial charge in [0.25, 0.3) is 5.56 Å². The van der Waals surface area contributed by atoms with E-state index >= 15 is 0 Å². The van der Waals surface area contributed by atoms with Crippen LogP contribution in [-0.2, 0) is 0 Å². The third kappa shape index (κ3) is 3.22. The molecule has 1 saturated carbocycles. The monoisotopic (exact) mass is 353 g/mol. The minimum absolute atomic E-state index is 0.0413. The Kier molecular flexibility index (Phi) is 4.36. The van der Waals surface area contributed by atoms with Crippen LogP contribution in [0.3, 0.4) is 0 Å². The van der Waals surface area contributed by atoms with Gasteiger partial charge in [0, 0.05) is 11.6 Å². The van der Waals surface area contributed by atoms with Crippen LogP contribution in [0.1, 0.15) is 24.8 Å². The molecule has 1 fully saturated rings. The van der Waals surface area contributed by atoms with E-state index < -0.39 is 11.2 Å². The molecule has 0 aliphatic heterocycles. The Balaban J connectivity index is 1.88. The average molecular weight is 354 g/mol. The molecule has 7 heteroatoms. The predicted octanol–water partition coefficient (Wildman–Crippen LogP) is 3.17. The third-order valence-corrected chi connectivity index (χ3v) is 4.98. The van der Waals surface area contributed by atoms with Gasteiger partial charge < -0.3 is 10.4 Å². The first-order valence-electron chi connectivity index (χ1n) is 7.40. The normalized spacial score (nSPS) is 16.0. The van der Waals surface area contributed by atoms with Crippen LogP contribution in [0.25, 0.3) is 5.69 Å². The van der Waals surface area contributed by atoms with Crippen molar-refractivity contribution in [3.63, 3.8) is 0 Å². The highest BCUT2D eigenvalue weighted by molar-refractivity contribution is 6.33. The van der Waals surface area contributed by atoms with Crippen molar-refractivity contribution in [2.75, 3.05) is 11.9 Å². The summed E-state index contributed by atoms with van der Waals surface area (Å²) in [5, 5.41) is 17.8. The Morgan fingerprint density at radius 2 is 2.13 bits per heavy atom. The van der Waals surface area contributed by atoms with Crippen molar-refractivity contribution in [2.45, 2.75) is 31.8 Å². The molecule has 0 radical (unpaired) electrons. The topological polar surface area (TPSA) is 67.2 Å². The second-order valence-corrected chi connectivity index (χ2v) is 6.74. The molecule has 1 heterocycles. The Labute approximate surface area is 143 Å². The molecule has 1 aliphatic rings. The molecule has 1 aromatic carbocycles. The average Bonchev–Trinajstić information content (AvgIpc) is 2.50. The van der Waals surface area contributed by atoms with Gasteiger partial charge in [-0.3, -0.25) is 4.79 Å². The number of aromatic nitrogens is 2. The molecule has 122 valence electrons. The van der Waals surface area contributed by atoms with Gasteiger partial charge in [-0.2, -0.15) is 9.78 Å². The summed E-state index contributed by atoms with van der Waals surface area (Å²) in [6.45, 7) is 2.24. The first-order chi connectivity index (χ1) is 10.9. The minimum atomic E-state index is -0.706. The molecule has 5 nitrogen and oxygen atoms in total. The van der Waals surface area contributed by atoms with E-state index in [-0.39, 0.29) is 5.02 Å². The molecular formula is C16H17Cl2N3O2. The van der Waals surface area contributed by atoms with Crippen LogP contribution in [0.4, 0.5) is 5.69 Å². The van der Waals surface area contributed by atoms with Crippen LogP contribution in [0, 0.1) is 6.92 Å². The van der Waals surface area contributed by atoms with Crippen molar-refractivity contribution in [3.8, 4) is 5.69 Å². The number of rotatable bonds is 4. The number of hydrogen-bond acceptors (Lipinski definition) is 4. The SMILES string of the molecule is Cc1ccc(-n2ncc(NCC3(O)CCC3)c(Cl)c2=O)cc1Cl. The van der Waals surface area contributed by atoms with Crippen LogP contribution >= 0.6 is 23.2 Å². The van der Waals surface area contributed by atoms with Gasteiger partial charge in [-0.1, -0.05) is 29.3 Å². The van der Waals surface area contributed by atoms with Crippen LogP contribution in [0.5, 0.6) is 0 Å². The number of hydrogen-bond donors (Lipinski definition) is 2. The van der Waals surface area contributed by atoms with E-state index in [9.17, 15) is 9.90 Å². The number of benzene rings is 1. The summed E-state index contributed by atoms with van der Waals surface area (Å²) in [4.78, 5) is 12.4. The first-order valence-corrected chi connectivity index (χ1v) is 8.16. The van der Waals surface area contributed by atoms with Crippen LogP contribution in [-0.4, -0.2) is 27.0 Å². The summed E-state index contributed by atoms with van der Waals surface area (Å²) >= 11 is 12.3. The fraction of sp³-hybridized carbons (Fsp3) is 0.375. The van der Waals surface area contributed by atoms with E-state index in [0.29, 0.717) is 22.9 Å². The van der Waals surface area contributed by atoms with Crippen LogP contribution < -0.4 is 10.9 Å². The summed E-state index contributed by atoms with van der Waals surface area (Å²) in [5.41, 5.74) is 0.754. The van der Waals surface area contributed by atoms with Gasteiger partial charge in [0.15, 0.2) is 0 Å². The zero-order valence-corrected chi connectivity index (χ0v) is 14.2. The third-order valence-electron chi connectivity index (χ3n) is 4.21. The summed E-state index contributed by atoms with van der Waals surface area (Å²) < 4.78 is 1.21. The van der Waals surface area contributed by atoms with Crippen molar-refractivity contribution < 1.29 is 5.11 Å². The highest BCUT2D eigenvalue weighted by Crippen LogP contribution is 2.32. The maximum Gasteiger partial charge on any atom is 0.292 e. The molecule has 0 atom stereocenters. The standard InChI is InChI=1S/C16H17Cl2N3O2/c1-10-3-4-11(7-12(10)17)21-15(22)14(18)13(8-20-21)19-9-16(23)5-2-6-16/h3-4,7-8,19,23H,2,5-6,9H2,1H3. The molecule has 0 unspecified atom stereocenters. The Morgan fingerprint density at radius 3 is 2.74 bits per heavy atom. The lowest BCUT2D eigenvalue weighted by Crippen LogP contribution is -2.43. The Bertz CT molecular complexity index is 800. The summed E-state index contributed by atoms with van der Waals surface area (Å²) in [6, 6.07) is 5.25. The van der Waals surface area contributed by atoms with Gasteiger partial charge in [0.05, 0.1) is 23.2 Å². The molecule has 3 rings (SSSR count). The second kappa shape index (κ2) is 6.15. The van der Waals surface area contributed by atoms with Crippen LogP contribution in [0.15, 0.2) is 29.2 Å². The van der Waals surface area contributed by atoms with E-state index in [4.69, 9.17) is 23.2 Å². The zero-order chi connectivity index (χ0) is 16.6. The molecule has 23 heavy (non-hydrogen) atoms. The van der Waals surface area contributed by atoms with Gasteiger partial charge >= 0.3 is 0 Å². The molecular weight excluding hydrogens is 337 g/mol. The van der Waals surface area contributed by atoms with E-state index in [1.807, 2.05) is 13.0 Å². The zero-order valence-electron chi connectivity index (χ0n) is 12.6. The number of aliphatic hydroxyl groups is 1. The molecule has 1 aliphatic carbocycles. The van der Waals surface area contributed by atoms with Crippen molar-refractivity contribution in [2.24, 2.45) is 0 Å². The molecule has 2 aromatic rings. The maximum absolute atomic E-state index is 12.4. The fourth-order valence-electron chi connectivity index (χ4n) is 2.47. The van der Waals surface area contributed by atoms with Gasteiger partial charge in [-0.05, 0) is 43.9 Å². The lowest BCUT2D eigenvalue weighted by molar-refractivity contribution is -0.0202. The summed E-state index contributed by atoms with van der Waals surface area (Å²) in [7, 11) is 0. The molecule has 0 spiro atoms.